The molecule has 0 bridgehead atoms. The molecule has 0 aliphatic heterocycles. The molecular weight excluding hydrogens is 181 g/mol. The van der Waals surface area contributed by atoms with Crippen LogP contribution in [0.25, 0.3) is 0 Å². The molecular formula is C11H16FNO. The van der Waals surface area contributed by atoms with Gasteiger partial charge in [0.1, 0.15) is 5.82 Å². The summed E-state index contributed by atoms with van der Waals surface area (Å²) < 4.78 is 12.6. The van der Waals surface area contributed by atoms with Gasteiger partial charge in [-0.2, -0.15) is 0 Å². The quantitative estimate of drug-likeness (QED) is 0.759. The zero-order valence-corrected chi connectivity index (χ0v) is 8.33. The zero-order chi connectivity index (χ0) is 10.4. The number of aliphatic hydroxyl groups is 1. The summed E-state index contributed by atoms with van der Waals surface area (Å²) in [6, 6.07) is 6.22. The van der Waals surface area contributed by atoms with Gasteiger partial charge in [0.25, 0.3) is 0 Å². The summed E-state index contributed by atoms with van der Waals surface area (Å²) >= 11 is 0. The zero-order valence-electron chi connectivity index (χ0n) is 8.33. The fourth-order valence-corrected chi connectivity index (χ4v) is 1.34. The minimum atomic E-state index is -0.244. The molecule has 0 fully saturated rings. The fourth-order valence-electron chi connectivity index (χ4n) is 1.34. The van der Waals surface area contributed by atoms with Gasteiger partial charge in [-0.1, -0.05) is 13.3 Å². The summed E-state index contributed by atoms with van der Waals surface area (Å²) in [5.74, 6) is -0.244. The molecule has 3 heteroatoms. The van der Waals surface area contributed by atoms with Gasteiger partial charge < -0.3 is 10.4 Å². The van der Waals surface area contributed by atoms with E-state index in [0.29, 0.717) is 0 Å². The third-order valence-electron chi connectivity index (χ3n) is 2.07. The van der Waals surface area contributed by atoms with Crippen molar-refractivity contribution in [2.75, 3.05) is 11.9 Å². The molecule has 0 saturated heterocycles. The lowest BCUT2D eigenvalue weighted by Crippen LogP contribution is -2.23. The standard InChI is InChI=1S/C11H16FNO/c1-2-3-11(8-14)13-10-6-4-9(12)5-7-10/h4-7,11,13-14H,2-3,8H2,1H3. The highest BCUT2D eigenvalue weighted by Gasteiger charge is 2.04. The lowest BCUT2D eigenvalue weighted by Gasteiger charge is -2.16. The first-order valence-electron chi connectivity index (χ1n) is 4.89. The average molecular weight is 197 g/mol. The molecule has 14 heavy (non-hydrogen) atoms. The van der Waals surface area contributed by atoms with E-state index in [1.165, 1.54) is 12.1 Å². The Kier molecular flexibility index (Phi) is 4.40. The molecule has 1 atom stereocenters. The Labute approximate surface area is 83.8 Å². The summed E-state index contributed by atoms with van der Waals surface area (Å²) in [6.07, 6.45) is 1.92. The van der Waals surface area contributed by atoms with Gasteiger partial charge in [-0.15, -0.1) is 0 Å². The number of hydrogen-bond donors (Lipinski definition) is 2. The van der Waals surface area contributed by atoms with E-state index in [0.717, 1.165) is 18.5 Å². The number of halogens is 1. The first kappa shape index (κ1) is 11.0. The van der Waals surface area contributed by atoms with Crippen LogP contribution in [-0.4, -0.2) is 17.8 Å². The Morgan fingerprint density at radius 1 is 1.36 bits per heavy atom. The van der Waals surface area contributed by atoms with Crippen LogP contribution in [0.5, 0.6) is 0 Å². The molecule has 78 valence electrons. The van der Waals surface area contributed by atoms with Crippen LogP contribution < -0.4 is 5.32 Å². The van der Waals surface area contributed by atoms with Crippen molar-refractivity contribution in [3.63, 3.8) is 0 Å². The smallest absolute Gasteiger partial charge is 0.123 e. The molecule has 2 nitrogen and oxygen atoms in total. The van der Waals surface area contributed by atoms with Crippen molar-refractivity contribution in [3.8, 4) is 0 Å². The van der Waals surface area contributed by atoms with E-state index >= 15 is 0 Å². The molecule has 0 spiro atoms. The molecule has 0 heterocycles. The van der Waals surface area contributed by atoms with E-state index in [9.17, 15) is 4.39 Å². The van der Waals surface area contributed by atoms with Gasteiger partial charge in [-0.05, 0) is 30.7 Å². The molecule has 2 N–H and O–H groups in total. The molecule has 0 saturated carbocycles. The number of rotatable bonds is 5. The number of aliphatic hydroxyl groups excluding tert-OH is 1. The van der Waals surface area contributed by atoms with Gasteiger partial charge in [-0.3, -0.25) is 0 Å². The number of anilines is 1. The summed E-state index contributed by atoms with van der Waals surface area (Å²) in [5, 5.41) is 12.2. The molecule has 0 aliphatic carbocycles. The Bertz CT molecular complexity index is 260. The Balaban J connectivity index is 2.53. The second kappa shape index (κ2) is 5.60. The van der Waals surface area contributed by atoms with Gasteiger partial charge in [0.05, 0.1) is 6.61 Å². The lowest BCUT2D eigenvalue weighted by atomic mass is 10.1. The maximum Gasteiger partial charge on any atom is 0.123 e. The van der Waals surface area contributed by atoms with Crippen molar-refractivity contribution in [3.05, 3.63) is 30.1 Å². The van der Waals surface area contributed by atoms with Crippen molar-refractivity contribution in [2.45, 2.75) is 25.8 Å². The fraction of sp³-hybridized carbons (Fsp3) is 0.455. The number of nitrogens with one attached hydrogen (secondary N) is 1. The highest BCUT2D eigenvalue weighted by Crippen LogP contribution is 2.11. The summed E-state index contributed by atoms with van der Waals surface area (Å²) in [6.45, 7) is 2.17. The second-order valence-corrected chi connectivity index (χ2v) is 3.32. The minimum absolute atomic E-state index is 0.0606. The van der Waals surface area contributed by atoms with Gasteiger partial charge in [0.15, 0.2) is 0 Å². The van der Waals surface area contributed by atoms with Gasteiger partial charge >= 0.3 is 0 Å². The summed E-state index contributed by atoms with van der Waals surface area (Å²) in [5.41, 5.74) is 0.846. The van der Waals surface area contributed by atoms with Crippen molar-refractivity contribution < 1.29 is 9.50 Å². The van der Waals surface area contributed by atoms with E-state index in [1.54, 1.807) is 12.1 Å². The van der Waals surface area contributed by atoms with Gasteiger partial charge in [0.2, 0.25) is 0 Å². The van der Waals surface area contributed by atoms with Crippen LogP contribution in [-0.2, 0) is 0 Å². The van der Waals surface area contributed by atoms with Crippen LogP contribution in [0.4, 0.5) is 10.1 Å². The van der Waals surface area contributed by atoms with E-state index in [1.807, 2.05) is 0 Å². The van der Waals surface area contributed by atoms with Gasteiger partial charge in [-0.25, -0.2) is 4.39 Å². The highest BCUT2D eigenvalue weighted by molar-refractivity contribution is 5.43. The van der Waals surface area contributed by atoms with Crippen LogP contribution in [0.3, 0.4) is 0 Å². The first-order valence-corrected chi connectivity index (χ1v) is 4.89. The van der Waals surface area contributed by atoms with Crippen molar-refractivity contribution in [2.24, 2.45) is 0 Å². The molecule has 1 aromatic carbocycles. The minimum Gasteiger partial charge on any atom is -0.394 e. The molecule has 0 aliphatic rings. The maximum absolute atomic E-state index is 12.6. The third kappa shape index (κ3) is 3.34. The van der Waals surface area contributed by atoms with E-state index in [2.05, 4.69) is 12.2 Å². The van der Waals surface area contributed by atoms with E-state index in [4.69, 9.17) is 5.11 Å². The summed E-state index contributed by atoms with van der Waals surface area (Å²) in [4.78, 5) is 0. The number of benzene rings is 1. The largest absolute Gasteiger partial charge is 0.394 e. The molecule has 1 unspecified atom stereocenters. The Hall–Kier alpha value is -1.09. The Morgan fingerprint density at radius 3 is 2.50 bits per heavy atom. The maximum atomic E-state index is 12.6. The van der Waals surface area contributed by atoms with E-state index < -0.39 is 0 Å². The van der Waals surface area contributed by atoms with Gasteiger partial charge in [0, 0.05) is 11.7 Å². The van der Waals surface area contributed by atoms with Crippen molar-refractivity contribution in [1.82, 2.24) is 0 Å². The predicted octanol–water partition coefficient (Wildman–Crippen LogP) is 2.40. The van der Waals surface area contributed by atoms with Crippen LogP contribution in [0.15, 0.2) is 24.3 Å². The predicted molar refractivity (Wildman–Crippen MR) is 55.8 cm³/mol. The first-order chi connectivity index (χ1) is 6.76. The van der Waals surface area contributed by atoms with E-state index in [-0.39, 0.29) is 18.5 Å². The number of hydrogen-bond acceptors (Lipinski definition) is 2. The van der Waals surface area contributed by atoms with Crippen molar-refractivity contribution >= 4 is 5.69 Å². The topological polar surface area (TPSA) is 32.3 Å². The van der Waals surface area contributed by atoms with Crippen LogP contribution in [0.1, 0.15) is 19.8 Å². The second-order valence-electron chi connectivity index (χ2n) is 3.32. The average Bonchev–Trinajstić information content (AvgIpc) is 2.20. The normalized spacial score (nSPS) is 12.5. The monoisotopic (exact) mass is 197 g/mol. The van der Waals surface area contributed by atoms with Crippen LogP contribution >= 0.6 is 0 Å². The highest BCUT2D eigenvalue weighted by atomic mass is 19.1. The lowest BCUT2D eigenvalue weighted by molar-refractivity contribution is 0.268. The van der Waals surface area contributed by atoms with Crippen LogP contribution in [0.2, 0.25) is 0 Å². The molecule has 1 aromatic rings. The van der Waals surface area contributed by atoms with Crippen molar-refractivity contribution in [1.29, 1.82) is 0 Å². The summed E-state index contributed by atoms with van der Waals surface area (Å²) in [7, 11) is 0. The SMILES string of the molecule is CCCC(CO)Nc1ccc(F)cc1. The third-order valence-corrected chi connectivity index (χ3v) is 2.07. The Morgan fingerprint density at radius 2 is 2.00 bits per heavy atom. The molecule has 0 radical (unpaired) electrons. The molecule has 1 rings (SSSR count). The molecule has 0 aromatic heterocycles. The molecule has 0 amide bonds. The van der Waals surface area contributed by atoms with Crippen LogP contribution in [0, 0.1) is 5.82 Å².